The van der Waals surface area contributed by atoms with Crippen molar-refractivity contribution in [1.82, 2.24) is 14.8 Å². The fraction of sp³-hybridized carbons (Fsp3) is 0.600. The molecule has 2 N–H and O–H groups in total. The van der Waals surface area contributed by atoms with Gasteiger partial charge in [-0.15, -0.1) is 0 Å². The number of likely N-dealkylation sites (N-methyl/N-ethyl adjacent to an activating group) is 1. The lowest BCUT2D eigenvalue weighted by Gasteiger charge is -2.24. The Morgan fingerprint density at radius 2 is 2.20 bits per heavy atom. The molecule has 0 bridgehead atoms. The van der Waals surface area contributed by atoms with E-state index in [9.17, 15) is 4.79 Å². The third-order valence-corrected chi connectivity index (χ3v) is 4.05. The molecule has 0 aliphatic carbocycles. The van der Waals surface area contributed by atoms with Crippen LogP contribution in [0.3, 0.4) is 0 Å². The molecular formula is C15H24N4O. The third kappa shape index (κ3) is 3.10. The van der Waals surface area contributed by atoms with Crippen LogP contribution in [0.4, 0.5) is 5.82 Å². The van der Waals surface area contributed by atoms with Crippen molar-refractivity contribution in [3.63, 3.8) is 0 Å². The number of carbonyl (C=O) groups excluding carboxylic acids is 1. The van der Waals surface area contributed by atoms with Gasteiger partial charge in [-0.05, 0) is 38.6 Å². The zero-order valence-corrected chi connectivity index (χ0v) is 12.5. The van der Waals surface area contributed by atoms with Gasteiger partial charge in [0.05, 0.1) is 5.56 Å². The van der Waals surface area contributed by atoms with Crippen LogP contribution in [0.25, 0.3) is 0 Å². The van der Waals surface area contributed by atoms with E-state index in [0.29, 0.717) is 23.3 Å². The maximum absolute atomic E-state index is 12.5. The minimum absolute atomic E-state index is 0.0583. The molecule has 0 spiro atoms. The van der Waals surface area contributed by atoms with Gasteiger partial charge in [0.1, 0.15) is 5.82 Å². The van der Waals surface area contributed by atoms with Crippen molar-refractivity contribution >= 4 is 11.7 Å². The molecule has 1 aliphatic rings. The summed E-state index contributed by atoms with van der Waals surface area (Å²) in [6, 6.07) is 3.87. The Morgan fingerprint density at radius 3 is 2.75 bits per heavy atom. The standard InChI is InChI=1S/C15H24N4O/c1-4-5-12-9-19(10-13(12)18(2)3)15(20)11-6-7-14(16)17-8-11/h6-8,12-13H,4-5,9-10H2,1-3H3,(H2,16,17)/t12-,13-/m1/s1. The van der Waals surface area contributed by atoms with Crippen LogP contribution >= 0.6 is 0 Å². The molecule has 1 aromatic rings. The lowest BCUT2D eigenvalue weighted by molar-refractivity contribution is 0.0780. The monoisotopic (exact) mass is 276 g/mol. The molecule has 0 radical (unpaired) electrons. The van der Waals surface area contributed by atoms with Gasteiger partial charge in [0, 0.05) is 25.3 Å². The van der Waals surface area contributed by atoms with E-state index in [2.05, 4.69) is 30.9 Å². The summed E-state index contributed by atoms with van der Waals surface area (Å²) in [5, 5.41) is 0. The maximum atomic E-state index is 12.5. The van der Waals surface area contributed by atoms with Crippen LogP contribution in [-0.4, -0.2) is 53.9 Å². The van der Waals surface area contributed by atoms with Gasteiger partial charge in [0.25, 0.3) is 5.91 Å². The van der Waals surface area contributed by atoms with Gasteiger partial charge in [-0.2, -0.15) is 0 Å². The number of aromatic nitrogens is 1. The van der Waals surface area contributed by atoms with E-state index in [0.717, 1.165) is 25.9 Å². The van der Waals surface area contributed by atoms with E-state index in [1.54, 1.807) is 18.3 Å². The molecule has 2 rings (SSSR count). The third-order valence-electron chi connectivity index (χ3n) is 4.05. The zero-order valence-electron chi connectivity index (χ0n) is 12.5. The summed E-state index contributed by atoms with van der Waals surface area (Å²) >= 11 is 0. The Morgan fingerprint density at radius 1 is 1.45 bits per heavy atom. The molecule has 2 atom stereocenters. The Hall–Kier alpha value is -1.62. The van der Waals surface area contributed by atoms with Crippen molar-refractivity contribution in [2.24, 2.45) is 5.92 Å². The molecule has 1 aliphatic heterocycles. The average molecular weight is 276 g/mol. The summed E-state index contributed by atoms with van der Waals surface area (Å²) in [7, 11) is 4.18. The van der Waals surface area contributed by atoms with Crippen LogP contribution in [0.5, 0.6) is 0 Å². The van der Waals surface area contributed by atoms with Gasteiger partial charge in [-0.3, -0.25) is 4.79 Å². The number of anilines is 1. The number of amides is 1. The predicted octanol–water partition coefficient (Wildman–Crippen LogP) is 1.47. The number of rotatable bonds is 4. The first-order valence-corrected chi connectivity index (χ1v) is 7.20. The second-order valence-corrected chi connectivity index (χ2v) is 5.76. The van der Waals surface area contributed by atoms with E-state index in [-0.39, 0.29) is 5.91 Å². The van der Waals surface area contributed by atoms with Crippen molar-refractivity contribution in [2.75, 3.05) is 32.9 Å². The first kappa shape index (κ1) is 14.8. The highest BCUT2D eigenvalue weighted by Crippen LogP contribution is 2.26. The van der Waals surface area contributed by atoms with Crippen molar-refractivity contribution in [2.45, 2.75) is 25.8 Å². The van der Waals surface area contributed by atoms with E-state index in [4.69, 9.17) is 5.73 Å². The second-order valence-electron chi connectivity index (χ2n) is 5.76. The van der Waals surface area contributed by atoms with E-state index in [1.165, 1.54) is 0 Å². The molecule has 5 nitrogen and oxygen atoms in total. The summed E-state index contributed by atoms with van der Waals surface area (Å²) < 4.78 is 0. The Kier molecular flexibility index (Phi) is 4.60. The van der Waals surface area contributed by atoms with E-state index in [1.807, 2.05) is 4.90 Å². The zero-order chi connectivity index (χ0) is 14.7. The first-order chi connectivity index (χ1) is 9.52. The summed E-state index contributed by atoms with van der Waals surface area (Å²) in [6.07, 6.45) is 3.88. The number of hydrogen-bond donors (Lipinski definition) is 1. The summed E-state index contributed by atoms with van der Waals surface area (Å²) in [5.74, 6) is 1.06. The van der Waals surface area contributed by atoms with Gasteiger partial charge in [-0.25, -0.2) is 4.98 Å². The van der Waals surface area contributed by atoms with Crippen molar-refractivity contribution < 1.29 is 4.79 Å². The fourth-order valence-electron chi connectivity index (χ4n) is 2.97. The average Bonchev–Trinajstić information content (AvgIpc) is 2.83. The van der Waals surface area contributed by atoms with Gasteiger partial charge in [0.15, 0.2) is 0 Å². The number of pyridine rings is 1. The fourth-order valence-corrected chi connectivity index (χ4v) is 2.97. The number of nitrogen functional groups attached to an aromatic ring is 1. The Balaban J connectivity index is 2.09. The normalized spacial score (nSPS) is 22.5. The molecule has 20 heavy (non-hydrogen) atoms. The minimum atomic E-state index is 0.0583. The summed E-state index contributed by atoms with van der Waals surface area (Å²) in [4.78, 5) is 20.7. The number of carbonyl (C=O) groups is 1. The largest absolute Gasteiger partial charge is 0.384 e. The molecule has 1 fully saturated rings. The first-order valence-electron chi connectivity index (χ1n) is 7.20. The Bertz CT molecular complexity index is 457. The van der Waals surface area contributed by atoms with E-state index < -0.39 is 0 Å². The quantitative estimate of drug-likeness (QED) is 0.904. The van der Waals surface area contributed by atoms with Crippen molar-refractivity contribution in [1.29, 1.82) is 0 Å². The molecule has 1 aromatic heterocycles. The predicted molar refractivity (Wildman–Crippen MR) is 80.4 cm³/mol. The van der Waals surface area contributed by atoms with Gasteiger partial charge in [-0.1, -0.05) is 13.3 Å². The number of likely N-dealkylation sites (tertiary alicyclic amines) is 1. The lowest BCUT2D eigenvalue weighted by atomic mass is 9.98. The molecule has 1 amide bonds. The van der Waals surface area contributed by atoms with Crippen LogP contribution in [0, 0.1) is 5.92 Å². The van der Waals surface area contributed by atoms with Crippen molar-refractivity contribution in [3.05, 3.63) is 23.9 Å². The topological polar surface area (TPSA) is 62.5 Å². The summed E-state index contributed by atoms with van der Waals surface area (Å²) in [5.41, 5.74) is 6.18. The SMILES string of the molecule is CCC[C@@H]1CN(C(=O)c2ccc(N)nc2)C[C@H]1N(C)C. The number of nitrogens with two attached hydrogens (primary N) is 1. The number of hydrogen-bond acceptors (Lipinski definition) is 4. The van der Waals surface area contributed by atoms with Crippen molar-refractivity contribution in [3.8, 4) is 0 Å². The second kappa shape index (κ2) is 6.22. The van der Waals surface area contributed by atoms with Crippen LogP contribution in [-0.2, 0) is 0 Å². The highest BCUT2D eigenvalue weighted by Gasteiger charge is 2.36. The highest BCUT2D eigenvalue weighted by atomic mass is 16.2. The van der Waals surface area contributed by atoms with Crippen LogP contribution in [0.15, 0.2) is 18.3 Å². The molecule has 5 heteroatoms. The van der Waals surface area contributed by atoms with Gasteiger partial charge < -0.3 is 15.5 Å². The van der Waals surface area contributed by atoms with Gasteiger partial charge >= 0.3 is 0 Å². The van der Waals surface area contributed by atoms with E-state index >= 15 is 0 Å². The molecule has 2 heterocycles. The highest BCUT2D eigenvalue weighted by molar-refractivity contribution is 5.94. The molecule has 1 saturated heterocycles. The lowest BCUT2D eigenvalue weighted by Crippen LogP contribution is -2.36. The number of nitrogens with zero attached hydrogens (tertiary/aromatic N) is 3. The smallest absolute Gasteiger partial charge is 0.255 e. The minimum Gasteiger partial charge on any atom is -0.384 e. The molecule has 110 valence electrons. The molecule has 0 aromatic carbocycles. The molecule has 0 unspecified atom stereocenters. The molecular weight excluding hydrogens is 252 g/mol. The summed E-state index contributed by atoms with van der Waals surface area (Å²) in [6.45, 7) is 3.82. The van der Waals surface area contributed by atoms with Gasteiger partial charge in [0.2, 0.25) is 0 Å². The Labute approximate surface area is 120 Å². The maximum Gasteiger partial charge on any atom is 0.255 e. The van der Waals surface area contributed by atoms with Crippen LogP contribution in [0.2, 0.25) is 0 Å². The van der Waals surface area contributed by atoms with Crippen LogP contribution < -0.4 is 5.73 Å². The van der Waals surface area contributed by atoms with Crippen LogP contribution in [0.1, 0.15) is 30.1 Å². The molecule has 0 saturated carbocycles.